The third-order valence-electron chi connectivity index (χ3n) is 5.93. The normalized spacial score (nSPS) is 39.0. The molecule has 3 aliphatic rings. The van der Waals surface area contributed by atoms with Crippen molar-refractivity contribution in [1.29, 1.82) is 0 Å². The minimum absolute atomic E-state index is 0.0123. The average molecular weight is 290 g/mol. The Bertz CT molecular complexity index is 705. The Morgan fingerprint density at radius 1 is 0.810 bits per heavy atom. The van der Waals surface area contributed by atoms with Crippen LogP contribution in [0.3, 0.4) is 0 Å². The Morgan fingerprint density at radius 2 is 1.48 bits per heavy atom. The van der Waals surface area contributed by atoms with E-state index in [2.05, 4.69) is 72.8 Å². The van der Waals surface area contributed by atoms with Crippen LogP contribution >= 0.6 is 7.92 Å². The molecule has 4 atom stereocenters. The number of allylic oxidation sites excluding steroid dienone is 2. The van der Waals surface area contributed by atoms with Crippen LogP contribution in [0.5, 0.6) is 0 Å². The van der Waals surface area contributed by atoms with Crippen molar-refractivity contribution in [2.24, 2.45) is 5.92 Å². The van der Waals surface area contributed by atoms with Crippen LogP contribution in [0.2, 0.25) is 0 Å². The first-order valence-corrected chi connectivity index (χ1v) is 9.48. The number of benzene rings is 2. The van der Waals surface area contributed by atoms with E-state index in [1.807, 2.05) is 0 Å². The summed E-state index contributed by atoms with van der Waals surface area (Å²) in [7, 11) is -0.0123. The van der Waals surface area contributed by atoms with E-state index in [0.717, 1.165) is 5.92 Å². The maximum absolute atomic E-state index is 2.60. The highest BCUT2D eigenvalue weighted by atomic mass is 31.1. The van der Waals surface area contributed by atoms with Gasteiger partial charge in [0, 0.05) is 10.3 Å². The Kier molecular flexibility index (Phi) is 2.37. The zero-order valence-corrected chi connectivity index (χ0v) is 13.0. The molecule has 21 heavy (non-hydrogen) atoms. The largest absolute Gasteiger partial charge is 0.0765 e. The van der Waals surface area contributed by atoms with Gasteiger partial charge in [-0.1, -0.05) is 80.7 Å². The van der Waals surface area contributed by atoms with Gasteiger partial charge >= 0.3 is 0 Å². The maximum Gasteiger partial charge on any atom is 0.0372 e. The Balaban J connectivity index is 1.69. The summed E-state index contributed by atoms with van der Waals surface area (Å²) in [6, 6.07) is 22.6. The zero-order valence-electron chi connectivity index (χ0n) is 12.1. The van der Waals surface area contributed by atoms with Crippen molar-refractivity contribution in [3.63, 3.8) is 0 Å². The van der Waals surface area contributed by atoms with Crippen LogP contribution in [0.4, 0.5) is 0 Å². The van der Waals surface area contributed by atoms with Crippen molar-refractivity contribution in [1.82, 2.24) is 0 Å². The lowest BCUT2D eigenvalue weighted by molar-refractivity contribution is 0.397. The summed E-state index contributed by atoms with van der Waals surface area (Å²) in [5, 5.41) is 0.752. The molecule has 2 aromatic carbocycles. The third-order valence-corrected chi connectivity index (χ3v) is 9.86. The van der Waals surface area contributed by atoms with Crippen LogP contribution in [0.25, 0.3) is 0 Å². The van der Waals surface area contributed by atoms with Crippen LogP contribution in [-0.4, -0.2) is 6.16 Å². The lowest BCUT2D eigenvalue weighted by atomic mass is 9.73. The van der Waals surface area contributed by atoms with E-state index < -0.39 is 0 Å². The molecule has 5 rings (SSSR count). The molecule has 0 amide bonds. The minimum atomic E-state index is -0.0123. The number of hydrogen-bond acceptors (Lipinski definition) is 0. The van der Waals surface area contributed by atoms with Crippen LogP contribution in [0, 0.1) is 5.92 Å². The Labute approximate surface area is 127 Å². The van der Waals surface area contributed by atoms with Crippen molar-refractivity contribution in [3.05, 3.63) is 83.9 Å². The summed E-state index contributed by atoms with van der Waals surface area (Å²) in [6.07, 6.45) is 9.42. The standard InChI is InChI=1S/C20H19P/c1-3-7-16(8-4-1)19-12-13-20(17-9-5-2-6-10-17)18(15-19)11-14-21(19)20/h1-10,12-13,18H,11,14-15H2. The fourth-order valence-corrected chi connectivity index (χ4v) is 9.65. The van der Waals surface area contributed by atoms with Gasteiger partial charge in [-0.3, -0.25) is 0 Å². The molecule has 0 radical (unpaired) electrons. The Morgan fingerprint density at radius 3 is 2.19 bits per heavy atom. The quantitative estimate of drug-likeness (QED) is 0.523. The monoisotopic (exact) mass is 290 g/mol. The van der Waals surface area contributed by atoms with E-state index in [1.165, 1.54) is 19.0 Å². The molecule has 3 heterocycles. The molecule has 2 fully saturated rings. The van der Waals surface area contributed by atoms with Crippen LogP contribution in [-0.2, 0) is 10.3 Å². The topological polar surface area (TPSA) is 0 Å². The molecule has 2 saturated heterocycles. The SMILES string of the molecule is C1=CC2(c3ccccc3)C3CCP2C1(c1ccccc1)C3. The predicted molar refractivity (Wildman–Crippen MR) is 89.9 cm³/mol. The summed E-state index contributed by atoms with van der Waals surface area (Å²) >= 11 is 0. The van der Waals surface area contributed by atoms with Gasteiger partial charge in [0.05, 0.1) is 0 Å². The second kappa shape index (κ2) is 4.08. The van der Waals surface area contributed by atoms with E-state index in [4.69, 9.17) is 0 Å². The van der Waals surface area contributed by atoms with Gasteiger partial charge in [0.15, 0.2) is 0 Å². The summed E-state index contributed by atoms with van der Waals surface area (Å²) < 4.78 is 0. The molecule has 4 bridgehead atoms. The molecule has 0 aliphatic carbocycles. The van der Waals surface area contributed by atoms with Gasteiger partial charge in [-0.05, 0) is 36.0 Å². The molecule has 1 heteroatoms. The molecule has 0 N–H and O–H groups in total. The van der Waals surface area contributed by atoms with E-state index in [-0.39, 0.29) is 7.92 Å². The summed E-state index contributed by atoms with van der Waals surface area (Å²) in [5.74, 6) is 0.858. The van der Waals surface area contributed by atoms with Crippen molar-refractivity contribution < 1.29 is 0 Å². The second-order valence-corrected chi connectivity index (χ2v) is 9.50. The molecule has 0 aromatic heterocycles. The fourth-order valence-electron chi connectivity index (χ4n) is 5.12. The van der Waals surface area contributed by atoms with Gasteiger partial charge < -0.3 is 0 Å². The number of hydrogen-bond donors (Lipinski definition) is 0. The van der Waals surface area contributed by atoms with Gasteiger partial charge in [0.1, 0.15) is 0 Å². The van der Waals surface area contributed by atoms with Crippen molar-refractivity contribution in [2.45, 2.75) is 23.2 Å². The molecular weight excluding hydrogens is 271 g/mol. The molecule has 0 saturated carbocycles. The van der Waals surface area contributed by atoms with Gasteiger partial charge in [0.25, 0.3) is 0 Å². The maximum atomic E-state index is 2.60. The lowest BCUT2D eigenvalue weighted by Crippen LogP contribution is -2.25. The smallest absolute Gasteiger partial charge is 0.0372 e. The molecule has 104 valence electrons. The molecule has 3 aliphatic heterocycles. The first-order chi connectivity index (χ1) is 10.4. The summed E-state index contributed by atoms with van der Waals surface area (Å²) in [4.78, 5) is 0. The first-order valence-electron chi connectivity index (χ1n) is 7.95. The predicted octanol–water partition coefficient (Wildman–Crippen LogP) is 5.25. The van der Waals surface area contributed by atoms with Gasteiger partial charge in [0.2, 0.25) is 0 Å². The van der Waals surface area contributed by atoms with E-state index in [0.29, 0.717) is 10.3 Å². The van der Waals surface area contributed by atoms with Gasteiger partial charge in [-0.25, -0.2) is 0 Å². The zero-order chi connectivity index (χ0) is 13.9. The summed E-state index contributed by atoms with van der Waals surface area (Å²) in [6.45, 7) is 0. The van der Waals surface area contributed by atoms with E-state index >= 15 is 0 Å². The highest BCUT2D eigenvalue weighted by Crippen LogP contribution is 2.87. The fraction of sp³-hybridized carbons (Fsp3) is 0.300. The average Bonchev–Trinajstić information content (AvgIpc) is 3.19. The third kappa shape index (κ3) is 1.35. The van der Waals surface area contributed by atoms with Crippen LogP contribution in [0.15, 0.2) is 72.8 Å². The Hall–Kier alpha value is -1.39. The van der Waals surface area contributed by atoms with Crippen LogP contribution in [0.1, 0.15) is 24.0 Å². The second-order valence-electron chi connectivity index (χ2n) is 6.66. The highest BCUT2D eigenvalue weighted by molar-refractivity contribution is 7.61. The highest BCUT2D eigenvalue weighted by Gasteiger charge is 2.67. The molecule has 4 unspecified atom stereocenters. The van der Waals surface area contributed by atoms with Gasteiger partial charge in [-0.15, -0.1) is 0 Å². The van der Waals surface area contributed by atoms with Gasteiger partial charge in [-0.2, -0.15) is 0 Å². The molecule has 2 aromatic rings. The number of rotatable bonds is 2. The molecule has 0 spiro atoms. The van der Waals surface area contributed by atoms with Crippen molar-refractivity contribution in [3.8, 4) is 0 Å². The lowest BCUT2D eigenvalue weighted by Gasteiger charge is -2.34. The molecular formula is C20H19P. The first kappa shape index (κ1) is 12.2. The molecule has 0 nitrogen and oxygen atoms in total. The minimum Gasteiger partial charge on any atom is -0.0765 e. The van der Waals surface area contributed by atoms with Crippen molar-refractivity contribution >= 4 is 7.92 Å². The van der Waals surface area contributed by atoms with Crippen molar-refractivity contribution in [2.75, 3.05) is 6.16 Å². The summed E-state index contributed by atoms with van der Waals surface area (Å²) in [5.41, 5.74) is 3.14. The van der Waals surface area contributed by atoms with Crippen LogP contribution < -0.4 is 0 Å². The van der Waals surface area contributed by atoms with E-state index in [1.54, 1.807) is 11.1 Å². The van der Waals surface area contributed by atoms with E-state index in [9.17, 15) is 0 Å².